The van der Waals surface area contributed by atoms with Gasteiger partial charge in [0.05, 0.1) is 0 Å². The van der Waals surface area contributed by atoms with Gasteiger partial charge in [0.25, 0.3) is 0 Å². The van der Waals surface area contributed by atoms with Gasteiger partial charge in [-0.25, -0.2) is 4.39 Å². The molecule has 1 aromatic rings. The van der Waals surface area contributed by atoms with Gasteiger partial charge in [0.2, 0.25) is 0 Å². The Morgan fingerprint density at radius 3 is 2.57 bits per heavy atom. The molecule has 0 amide bonds. The molecule has 1 aromatic carbocycles. The van der Waals surface area contributed by atoms with E-state index in [4.69, 9.17) is 5.73 Å². The van der Waals surface area contributed by atoms with Crippen LogP contribution in [0.4, 0.5) is 4.39 Å². The van der Waals surface area contributed by atoms with Crippen LogP contribution < -0.4 is 5.73 Å². The Kier molecular flexibility index (Phi) is 6.19. The third-order valence-corrected chi connectivity index (χ3v) is 4.77. The summed E-state index contributed by atoms with van der Waals surface area (Å²) in [7, 11) is 2.17. The quantitative estimate of drug-likeness (QED) is 0.859. The van der Waals surface area contributed by atoms with Crippen LogP contribution in [0.25, 0.3) is 0 Å². The van der Waals surface area contributed by atoms with Crippen LogP contribution in [0.1, 0.15) is 50.6 Å². The van der Waals surface area contributed by atoms with Gasteiger partial charge in [-0.15, -0.1) is 0 Å². The summed E-state index contributed by atoms with van der Waals surface area (Å²) in [4.78, 5) is 2.38. The van der Waals surface area contributed by atoms with Gasteiger partial charge >= 0.3 is 0 Å². The molecule has 0 heterocycles. The fourth-order valence-corrected chi connectivity index (χ4v) is 3.54. The van der Waals surface area contributed by atoms with Crippen molar-refractivity contribution in [3.63, 3.8) is 0 Å². The summed E-state index contributed by atoms with van der Waals surface area (Å²) in [6.45, 7) is 4.19. The lowest BCUT2D eigenvalue weighted by molar-refractivity contribution is 0.202. The van der Waals surface area contributed by atoms with Crippen molar-refractivity contribution >= 4 is 0 Å². The average molecular weight is 292 g/mol. The van der Waals surface area contributed by atoms with E-state index in [1.165, 1.54) is 38.2 Å². The Morgan fingerprint density at radius 2 is 1.90 bits per heavy atom. The number of benzene rings is 1. The van der Waals surface area contributed by atoms with Gasteiger partial charge in [-0.3, -0.25) is 0 Å². The van der Waals surface area contributed by atoms with Gasteiger partial charge < -0.3 is 10.6 Å². The third kappa shape index (κ3) is 4.79. The second kappa shape index (κ2) is 7.90. The Balaban J connectivity index is 1.85. The van der Waals surface area contributed by atoms with Crippen LogP contribution in [0.2, 0.25) is 0 Å². The molecule has 0 radical (unpaired) electrons. The number of nitrogens with two attached hydrogens (primary N) is 1. The van der Waals surface area contributed by atoms with Gasteiger partial charge in [0, 0.05) is 24.7 Å². The highest BCUT2D eigenvalue weighted by atomic mass is 19.1. The van der Waals surface area contributed by atoms with E-state index in [0.717, 1.165) is 19.0 Å². The molecular formula is C18H29FN2. The monoisotopic (exact) mass is 292 g/mol. The Morgan fingerprint density at radius 1 is 1.24 bits per heavy atom. The van der Waals surface area contributed by atoms with Crippen molar-refractivity contribution in [1.29, 1.82) is 0 Å². The summed E-state index contributed by atoms with van der Waals surface area (Å²) in [5.74, 6) is 0.892. The van der Waals surface area contributed by atoms with Crippen molar-refractivity contribution in [2.75, 3.05) is 20.1 Å². The number of halogens is 1. The molecule has 118 valence electrons. The lowest BCUT2D eigenvalue weighted by atomic mass is 9.88. The summed E-state index contributed by atoms with van der Waals surface area (Å²) in [5.41, 5.74) is 6.89. The van der Waals surface area contributed by atoms with Crippen LogP contribution in [0.3, 0.4) is 0 Å². The van der Waals surface area contributed by atoms with Crippen molar-refractivity contribution in [3.8, 4) is 0 Å². The van der Waals surface area contributed by atoms with Crippen molar-refractivity contribution in [2.45, 2.75) is 45.1 Å². The normalized spacial score (nSPS) is 19.7. The van der Waals surface area contributed by atoms with Crippen molar-refractivity contribution in [2.24, 2.45) is 17.6 Å². The third-order valence-electron chi connectivity index (χ3n) is 4.77. The van der Waals surface area contributed by atoms with E-state index in [1.807, 2.05) is 6.07 Å². The summed E-state index contributed by atoms with van der Waals surface area (Å²) in [6, 6.07) is 6.63. The molecule has 2 unspecified atom stereocenters. The zero-order valence-electron chi connectivity index (χ0n) is 13.4. The minimum absolute atomic E-state index is 0.188. The highest BCUT2D eigenvalue weighted by Gasteiger charge is 2.21. The van der Waals surface area contributed by atoms with E-state index in [1.54, 1.807) is 12.1 Å². The first-order valence-corrected chi connectivity index (χ1v) is 8.26. The van der Waals surface area contributed by atoms with E-state index < -0.39 is 0 Å². The molecule has 1 saturated carbocycles. The molecular weight excluding hydrogens is 263 g/mol. The molecule has 0 saturated heterocycles. The van der Waals surface area contributed by atoms with E-state index >= 15 is 0 Å². The molecule has 0 aromatic heterocycles. The SMILES string of the molecule is CC(CN(C)CC1CCCCC1)C(N)c1ccccc1F. The minimum atomic E-state index is -0.236. The molecule has 2 N–H and O–H groups in total. The second-order valence-corrected chi connectivity index (χ2v) is 6.75. The first kappa shape index (κ1) is 16.4. The number of hydrogen-bond acceptors (Lipinski definition) is 2. The largest absolute Gasteiger partial charge is 0.324 e. The minimum Gasteiger partial charge on any atom is -0.324 e. The maximum atomic E-state index is 13.8. The van der Waals surface area contributed by atoms with Crippen LogP contribution in [-0.2, 0) is 0 Å². The van der Waals surface area contributed by atoms with E-state index in [9.17, 15) is 4.39 Å². The Hall–Kier alpha value is -0.930. The van der Waals surface area contributed by atoms with Crippen LogP contribution >= 0.6 is 0 Å². The number of rotatable bonds is 6. The van der Waals surface area contributed by atoms with Crippen molar-refractivity contribution < 1.29 is 4.39 Å². The fourth-order valence-electron chi connectivity index (χ4n) is 3.54. The first-order valence-electron chi connectivity index (χ1n) is 8.26. The van der Waals surface area contributed by atoms with Gasteiger partial charge in [-0.2, -0.15) is 0 Å². The zero-order chi connectivity index (χ0) is 15.2. The average Bonchev–Trinajstić information content (AvgIpc) is 2.48. The van der Waals surface area contributed by atoms with E-state index in [2.05, 4.69) is 18.9 Å². The molecule has 1 aliphatic rings. The number of nitrogens with zero attached hydrogens (tertiary/aromatic N) is 1. The molecule has 0 bridgehead atoms. The Labute approximate surface area is 128 Å². The maximum Gasteiger partial charge on any atom is 0.127 e. The topological polar surface area (TPSA) is 29.3 Å². The first-order chi connectivity index (χ1) is 10.1. The van der Waals surface area contributed by atoms with Gasteiger partial charge in [-0.05, 0) is 37.8 Å². The zero-order valence-corrected chi connectivity index (χ0v) is 13.4. The summed E-state index contributed by atoms with van der Waals surface area (Å²) >= 11 is 0. The molecule has 3 heteroatoms. The van der Waals surface area contributed by atoms with Crippen LogP contribution in [0.15, 0.2) is 24.3 Å². The predicted octanol–water partition coefficient (Wildman–Crippen LogP) is 3.97. The van der Waals surface area contributed by atoms with Gasteiger partial charge in [-0.1, -0.05) is 44.4 Å². The molecule has 0 aliphatic heterocycles. The molecule has 2 rings (SSSR count). The van der Waals surface area contributed by atoms with Crippen molar-refractivity contribution in [1.82, 2.24) is 4.90 Å². The predicted molar refractivity (Wildman–Crippen MR) is 86.6 cm³/mol. The van der Waals surface area contributed by atoms with Crippen LogP contribution in [0, 0.1) is 17.7 Å². The molecule has 21 heavy (non-hydrogen) atoms. The lowest BCUT2D eigenvalue weighted by Crippen LogP contribution is -2.34. The molecule has 0 spiro atoms. The number of hydrogen-bond donors (Lipinski definition) is 1. The molecule has 1 fully saturated rings. The van der Waals surface area contributed by atoms with Crippen LogP contribution in [0.5, 0.6) is 0 Å². The maximum absolute atomic E-state index is 13.8. The Bertz CT molecular complexity index is 429. The molecule has 1 aliphatic carbocycles. The smallest absolute Gasteiger partial charge is 0.127 e. The molecule has 2 atom stereocenters. The second-order valence-electron chi connectivity index (χ2n) is 6.75. The molecule has 2 nitrogen and oxygen atoms in total. The van der Waals surface area contributed by atoms with Gasteiger partial charge in [0.1, 0.15) is 5.82 Å². The summed E-state index contributed by atoms with van der Waals surface area (Å²) in [5, 5.41) is 0. The summed E-state index contributed by atoms with van der Waals surface area (Å²) in [6.07, 6.45) is 6.87. The van der Waals surface area contributed by atoms with Crippen LogP contribution in [-0.4, -0.2) is 25.0 Å². The highest BCUT2D eigenvalue weighted by Crippen LogP contribution is 2.26. The van der Waals surface area contributed by atoms with Gasteiger partial charge in [0.15, 0.2) is 0 Å². The van der Waals surface area contributed by atoms with E-state index in [0.29, 0.717) is 5.56 Å². The summed E-state index contributed by atoms with van der Waals surface area (Å²) < 4.78 is 13.8. The highest BCUT2D eigenvalue weighted by molar-refractivity contribution is 5.21. The fraction of sp³-hybridized carbons (Fsp3) is 0.667. The van der Waals surface area contributed by atoms with Crippen molar-refractivity contribution in [3.05, 3.63) is 35.6 Å². The standard InChI is InChI=1S/C18H29FN2/c1-14(18(20)16-10-6-7-11-17(16)19)12-21(2)13-15-8-4-3-5-9-15/h6-7,10-11,14-15,18H,3-5,8-9,12-13,20H2,1-2H3. The lowest BCUT2D eigenvalue weighted by Gasteiger charge is -2.30. The van der Waals surface area contributed by atoms with E-state index in [-0.39, 0.29) is 17.8 Å².